The number of fused-ring (bicyclic) bond motifs is 1. The number of hydrogen-bond acceptors (Lipinski definition) is 1. The Morgan fingerprint density at radius 3 is 2.57 bits per heavy atom. The molecule has 1 aromatic carbocycles. The number of imidazole rings is 1. The van der Waals surface area contributed by atoms with Gasteiger partial charge in [-0.2, -0.15) is 0 Å². The van der Waals surface area contributed by atoms with Crippen molar-refractivity contribution in [1.29, 1.82) is 0 Å². The zero-order chi connectivity index (χ0) is 15.2. The second-order valence-corrected chi connectivity index (χ2v) is 5.94. The molecular formula is C17H24ClFN2. The summed E-state index contributed by atoms with van der Waals surface area (Å²) in [6, 6.07) is 3.39. The van der Waals surface area contributed by atoms with Gasteiger partial charge >= 0.3 is 0 Å². The highest BCUT2D eigenvalue weighted by molar-refractivity contribution is 6.16. The van der Waals surface area contributed by atoms with Crippen LogP contribution in [0.1, 0.15) is 56.8 Å². The molecule has 0 bridgehead atoms. The van der Waals surface area contributed by atoms with Crippen LogP contribution < -0.4 is 0 Å². The van der Waals surface area contributed by atoms with Crippen LogP contribution in [0.4, 0.5) is 4.39 Å². The fraction of sp³-hybridized carbons (Fsp3) is 0.588. The lowest BCUT2D eigenvalue weighted by atomic mass is 10.1. The number of aryl methyl sites for hydroxylation is 2. The van der Waals surface area contributed by atoms with Gasteiger partial charge in [0.25, 0.3) is 0 Å². The molecule has 0 N–H and O–H groups in total. The molecule has 116 valence electrons. The first kappa shape index (κ1) is 16.3. The van der Waals surface area contributed by atoms with Crippen molar-refractivity contribution in [3.8, 4) is 0 Å². The summed E-state index contributed by atoms with van der Waals surface area (Å²) in [5, 5.41) is 0. The van der Waals surface area contributed by atoms with Crippen molar-refractivity contribution in [3.63, 3.8) is 0 Å². The van der Waals surface area contributed by atoms with Crippen LogP contribution >= 0.6 is 11.6 Å². The minimum Gasteiger partial charge on any atom is -0.327 e. The van der Waals surface area contributed by atoms with Crippen molar-refractivity contribution in [3.05, 3.63) is 29.3 Å². The van der Waals surface area contributed by atoms with Crippen LogP contribution in [0.25, 0.3) is 11.0 Å². The molecule has 4 heteroatoms. The first-order chi connectivity index (χ1) is 10.2. The van der Waals surface area contributed by atoms with E-state index in [0.29, 0.717) is 17.0 Å². The van der Waals surface area contributed by atoms with Crippen molar-refractivity contribution in [2.45, 2.75) is 64.8 Å². The lowest BCUT2D eigenvalue weighted by Crippen LogP contribution is -2.02. The summed E-state index contributed by atoms with van der Waals surface area (Å²) in [7, 11) is 0. The third-order valence-corrected chi connectivity index (χ3v) is 4.20. The van der Waals surface area contributed by atoms with Gasteiger partial charge < -0.3 is 4.57 Å². The summed E-state index contributed by atoms with van der Waals surface area (Å²) < 4.78 is 15.8. The largest absolute Gasteiger partial charge is 0.327 e. The molecule has 0 spiro atoms. The molecule has 2 rings (SSSR count). The van der Waals surface area contributed by atoms with E-state index in [4.69, 9.17) is 11.6 Å². The summed E-state index contributed by atoms with van der Waals surface area (Å²) in [4.78, 5) is 4.45. The van der Waals surface area contributed by atoms with Crippen molar-refractivity contribution >= 4 is 22.6 Å². The van der Waals surface area contributed by atoms with E-state index in [1.54, 1.807) is 6.92 Å². The number of nitrogens with zero attached hydrogens (tertiary/aromatic N) is 2. The van der Waals surface area contributed by atoms with Crippen molar-refractivity contribution in [2.24, 2.45) is 0 Å². The van der Waals surface area contributed by atoms with Gasteiger partial charge in [0.15, 0.2) is 0 Å². The zero-order valence-corrected chi connectivity index (χ0v) is 13.7. The van der Waals surface area contributed by atoms with Crippen LogP contribution in [0.3, 0.4) is 0 Å². The van der Waals surface area contributed by atoms with Gasteiger partial charge in [-0.15, -0.1) is 11.6 Å². The van der Waals surface area contributed by atoms with Gasteiger partial charge in [0.05, 0.1) is 16.9 Å². The van der Waals surface area contributed by atoms with Gasteiger partial charge in [-0.3, -0.25) is 0 Å². The second-order valence-electron chi connectivity index (χ2n) is 5.67. The van der Waals surface area contributed by atoms with E-state index in [1.807, 2.05) is 6.07 Å². The van der Waals surface area contributed by atoms with Gasteiger partial charge in [0.1, 0.15) is 11.6 Å². The Kier molecular flexibility index (Phi) is 6.04. The number of benzene rings is 1. The van der Waals surface area contributed by atoms with Crippen LogP contribution in [0, 0.1) is 12.7 Å². The first-order valence-corrected chi connectivity index (χ1v) is 8.42. The Morgan fingerprint density at radius 1 is 1.14 bits per heavy atom. The van der Waals surface area contributed by atoms with Crippen LogP contribution in [0.5, 0.6) is 0 Å². The van der Waals surface area contributed by atoms with Crippen molar-refractivity contribution < 1.29 is 4.39 Å². The maximum absolute atomic E-state index is 13.6. The minimum atomic E-state index is -0.201. The van der Waals surface area contributed by atoms with E-state index in [-0.39, 0.29) is 5.82 Å². The van der Waals surface area contributed by atoms with E-state index in [9.17, 15) is 4.39 Å². The fourth-order valence-corrected chi connectivity index (χ4v) is 2.91. The zero-order valence-electron chi connectivity index (χ0n) is 13.0. The van der Waals surface area contributed by atoms with Crippen molar-refractivity contribution in [1.82, 2.24) is 9.55 Å². The molecule has 0 unspecified atom stereocenters. The first-order valence-electron chi connectivity index (χ1n) is 7.88. The van der Waals surface area contributed by atoms with Gasteiger partial charge in [-0.25, -0.2) is 9.37 Å². The maximum Gasteiger partial charge on any atom is 0.128 e. The average molecular weight is 311 g/mol. The van der Waals surface area contributed by atoms with Crippen molar-refractivity contribution in [2.75, 3.05) is 0 Å². The number of alkyl halides is 1. The molecule has 21 heavy (non-hydrogen) atoms. The number of hydrogen-bond donors (Lipinski definition) is 0. The Bertz CT molecular complexity index is 592. The summed E-state index contributed by atoms with van der Waals surface area (Å²) in [6.45, 7) is 4.93. The monoisotopic (exact) mass is 310 g/mol. The van der Waals surface area contributed by atoms with Gasteiger partial charge in [-0.05, 0) is 25.0 Å². The topological polar surface area (TPSA) is 17.8 Å². The Balaban J connectivity index is 2.08. The summed E-state index contributed by atoms with van der Waals surface area (Å²) in [5.41, 5.74) is 2.37. The average Bonchev–Trinajstić information content (AvgIpc) is 2.80. The quantitative estimate of drug-likeness (QED) is 0.459. The van der Waals surface area contributed by atoms with E-state index < -0.39 is 0 Å². The SMILES string of the molecule is CCCCCCCCn1c(CCl)nc2cc(F)c(C)cc21. The molecule has 0 atom stereocenters. The minimum absolute atomic E-state index is 0.201. The molecule has 0 amide bonds. The van der Waals surface area contributed by atoms with Gasteiger partial charge in [0.2, 0.25) is 0 Å². The third-order valence-electron chi connectivity index (χ3n) is 3.96. The summed E-state index contributed by atoms with van der Waals surface area (Å²) >= 11 is 5.99. The lowest BCUT2D eigenvalue weighted by Gasteiger charge is -2.08. The molecule has 2 nitrogen and oxygen atoms in total. The molecule has 0 aliphatic carbocycles. The fourth-order valence-electron chi connectivity index (χ4n) is 2.70. The molecule has 1 aromatic heterocycles. The highest BCUT2D eigenvalue weighted by Crippen LogP contribution is 2.22. The number of aromatic nitrogens is 2. The molecule has 0 aliphatic rings. The normalized spacial score (nSPS) is 11.4. The van der Waals surface area contributed by atoms with Crippen LogP contribution in [0.2, 0.25) is 0 Å². The predicted octanol–water partition coefficient (Wildman–Crippen LogP) is 5.58. The lowest BCUT2D eigenvalue weighted by molar-refractivity contribution is 0.557. The van der Waals surface area contributed by atoms with E-state index >= 15 is 0 Å². The van der Waals surface area contributed by atoms with E-state index in [2.05, 4.69) is 16.5 Å². The molecule has 0 fully saturated rings. The second kappa shape index (κ2) is 7.79. The number of unbranched alkanes of at least 4 members (excludes halogenated alkanes) is 5. The Labute approximate surface area is 131 Å². The van der Waals surface area contributed by atoms with E-state index in [1.165, 1.54) is 38.2 Å². The standard InChI is InChI=1S/C17H24ClFN2/c1-3-4-5-6-7-8-9-21-16-10-13(2)14(19)11-15(16)20-17(21)12-18/h10-11H,3-9,12H2,1-2H3. The summed E-state index contributed by atoms with van der Waals surface area (Å²) in [5.74, 6) is 1.00. The number of rotatable bonds is 8. The molecule has 1 heterocycles. The van der Waals surface area contributed by atoms with Gasteiger partial charge in [-0.1, -0.05) is 39.0 Å². The van der Waals surface area contributed by atoms with E-state index in [0.717, 1.165) is 24.3 Å². The van der Waals surface area contributed by atoms with Crippen LogP contribution in [0.15, 0.2) is 12.1 Å². The van der Waals surface area contributed by atoms with Gasteiger partial charge in [0, 0.05) is 12.6 Å². The smallest absolute Gasteiger partial charge is 0.128 e. The molecule has 0 saturated heterocycles. The maximum atomic E-state index is 13.6. The highest BCUT2D eigenvalue weighted by atomic mass is 35.5. The Morgan fingerprint density at radius 2 is 1.86 bits per heavy atom. The van der Waals surface area contributed by atoms with Crippen LogP contribution in [-0.2, 0) is 12.4 Å². The van der Waals surface area contributed by atoms with Crippen LogP contribution in [-0.4, -0.2) is 9.55 Å². The third kappa shape index (κ3) is 3.97. The Hall–Kier alpha value is -1.09. The number of halogens is 2. The molecule has 2 aromatic rings. The highest BCUT2D eigenvalue weighted by Gasteiger charge is 2.12. The molecule has 0 radical (unpaired) electrons. The molecular weight excluding hydrogens is 287 g/mol. The predicted molar refractivity (Wildman–Crippen MR) is 87.4 cm³/mol. The summed E-state index contributed by atoms with van der Waals surface area (Å²) in [6.07, 6.45) is 7.53. The molecule has 0 aliphatic heterocycles. The molecule has 0 saturated carbocycles.